The van der Waals surface area contributed by atoms with Gasteiger partial charge in [0, 0.05) is 13.2 Å². The van der Waals surface area contributed by atoms with Gasteiger partial charge in [-0.05, 0) is 6.92 Å². The van der Waals surface area contributed by atoms with Crippen molar-refractivity contribution in [3.05, 3.63) is 17.5 Å². The monoisotopic (exact) mass is 228 g/mol. The van der Waals surface area contributed by atoms with E-state index in [1.54, 1.807) is 6.92 Å². The summed E-state index contributed by atoms with van der Waals surface area (Å²) in [5.74, 6) is -1.31. The SMILES string of the molecule is COC[C@H](NC(=O)c1cc(C)on1)C(=O)O. The summed E-state index contributed by atoms with van der Waals surface area (Å²) in [4.78, 5) is 22.2. The molecule has 1 rings (SSSR count). The number of carboxylic acids is 1. The molecule has 0 aromatic carbocycles. The quantitative estimate of drug-likeness (QED) is 0.724. The Hall–Kier alpha value is -1.89. The lowest BCUT2D eigenvalue weighted by atomic mass is 10.3. The van der Waals surface area contributed by atoms with Crippen LogP contribution in [0, 0.1) is 6.92 Å². The molecule has 1 amide bonds. The Morgan fingerprint density at radius 3 is 2.81 bits per heavy atom. The molecule has 1 atom stereocenters. The number of ether oxygens (including phenoxy) is 1. The number of aromatic nitrogens is 1. The summed E-state index contributed by atoms with van der Waals surface area (Å²) in [6.45, 7) is 1.52. The van der Waals surface area contributed by atoms with Gasteiger partial charge in [-0.2, -0.15) is 0 Å². The standard InChI is InChI=1S/C9H12N2O5/c1-5-3-6(11-16-5)8(12)10-7(4-15-2)9(13)14/h3,7H,4H2,1-2H3,(H,10,12)(H,13,14)/t7-/m0/s1. The number of aliphatic carboxylic acids is 1. The highest BCUT2D eigenvalue weighted by molar-refractivity contribution is 5.94. The summed E-state index contributed by atoms with van der Waals surface area (Å²) in [7, 11) is 1.35. The van der Waals surface area contributed by atoms with Gasteiger partial charge in [0.2, 0.25) is 0 Å². The topological polar surface area (TPSA) is 102 Å². The van der Waals surface area contributed by atoms with E-state index in [0.717, 1.165) is 0 Å². The molecule has 0 saturated heterocycles. The molecule has 2 N–H and O–H groups in total. The third-order valence-corrected chi connectivity index (χ3v) is 1.80. The Morgan fingerprint density at radius 1 is 1.69 bits per heavy atom. The Balaban J connectivity index is 2.65. The van der Waals surface area contributed by atoms with E-state index in [9.17, 15) is 9.59 Å². The molecule has 0 unspecified atom stereocenters. The fraction of sp³-hybridized carbons (Fsp3) is 0.444. The van der Waals surface area contributed by atoms with Crippen molar-refractivity contribution in [1.82, 2.24) is 10.5 Å². The number of carbonyl (C=O) groups is 2. The van der Waals surface area contributed by atoms with Gasteiger partial charge in [0.25, 0.3) is 5.91 Å². The minimum Gasteiger partial charge on any atom is -0.480 e. The molecule has 0 spiro atoms. The molecule has 7 heteroatoms. The Morgan fingerprint density at radius 2 is 2.38 bits per heavy atom. The van der Waals surface area contributed by atoms with E-state index in [4.69, 9.17) is 9.63 Å². The first-order valence-electron chi connectivity index (χ1n) is 4.50. The molecule has 0 saturated carbocycles. The zero-order chi connectivity index (χ0) is 12.1. The van der Waals surface area contributed by atoms with Crippen molar-refractivity contribution in [1.29, 1.82) is 0 Å². The van der Waals surface area contributed by atoms with Gasteiger partial charge in [-0.15, -0.1) is 0 Å². The number of carbonyl (C=O) groups excluding carboxylic acids is 1. The zero-order valence-corrected chi connectivity index (χ0v) is 8.89. The second kappa shape index (κ2) is 5.26. The number of aryl methyl sites for hydroxylation is 1. The Labute approximate surface area is 91.4 Å². The Bertz CT molecular complexity index is 387. The van der Waals surface area contributed by atoms with Crippen LogP contribution in [0.4, 0.5) is 0 Å². The number of amides is 1. The molecular weight excluding hydrogens is 216 g/mol. The predicted octanol–water partition coefficient (Wildman–Crippen LogP) is -0.188. The third-order valence-electron chi connectivity index (χ3n) is 1.80. The molecule has 16 heavy (non-hydrogen) atoms. The highest BCUT2D eigenvalue weighted by Gasteiger charge is 2.21. The van der Waals surface area contributed by atoms with Crippen LogP contribution in [-0.2, 0) is 9.53 Å². The minimum absolute atomic E-state index is 0.0415. The number of hydrogen-bond donors (Lipinski definition) is 2. The van der Waals surface area contributed by atoms with Crippen molar-refractivity contribution in [2.24, 2.45) is 0 Å². The molecule has 0 aliphatic heterocycles. The number of rotatable bonds is 5. The van der Waals surface area contributed by atoms with Gasteiger partial charge >= 0.3 is 5.97 Å². The van der Waals surface area contributed by atoms with Crippen molar-refractivity contribution in [3.63, 3.8) is 0 Å². The van der Waals surface area contributed by atoms with E-state index in [1.165, 1.54) is 13.2 Å². The van der Waals surface area contributed by atoms with Crippen molar-refractivity contribution in [3.8, 4) is 0 Å². The molecular formula is C9H12N2O5. The van der Waals surface area contributed by atoms with Crippen LogP contribution in [0.25, 0.3) is 0 Å². The molecule has 0 radical (unpaired) electrons. The number of nitrogens with zero attached hydrogens (tertiary/aromatic N) is 1. The molecule has 1 aromatic rings. The van der Waals surface area contributed by atoms with E-state index < -0.39 is 17.9 Å². The molecule has 0 fully saturated rings. The fourth-order valence-electron chi connectivity index (χ4n) is 1.05. The number of hydrogen-bond acceptors (Lipinski definition) is 5. The lowest BCUT2D eigenvalue weighted by Gasteiger charge is -2.11. The van der Waals surface area contributed by atoms with Crippen LogP contribution in [0.5, 0.6) is 0 Å². The smallest absolute Gasteiger partial charge is 0.328 e. The van der Waals surface area contributed by atoms with E-state index in [1.807, 2.05) is 0 Å². The van der Waals surface area contributed by atoms with Gasteiger partial charge in [-0.25, -0.2) is 4.79 Å². The predicted molar refractivity (Wildman–Crippen MR) is 52.0 cm³/mol. The van der Waals surface area contributed by atoms with Crippen molar-refractivity contribution in [2.45, 2.75) is 13.0 Å². The normalized spacial score (nSPS) is 12.1. The zero-order valence-electron chi connectivity index (χ0n) is 8.89. The van der Waals surface area contributed by atoms with E-state index >= 15 is 0 Å². The van der Waals surface area contributed by atoms with Gasteiger partial charge in [-0.3, -0.25) is 4.79 Å². The van der Waals surface area contributed by atoms with Crippen molar-refractivity contribution in [2.75, 3.05) is 13.7 Å². The lowest BCUT2D eigenvalue weighted by molar-refractivity contribution is -0.140. The van der Waals surface area contributed by atoms with Crippen LogP contribution in [0.15, 0.2) is 10.6 Å². The largest absolute Gasteiger partial charge is 0.480 e. The van der Waals surface area contributed by atoms with Crippen molar-refractivity contribution >= 4 is 11.9 Å². The average molecular weight is 228 g/mol. The minimum atomic E-state index is -1.17. The van der Waals surface area contributed by atoms with Crippen LogP contribution >= 0.6 is 0 Å². The number of nitrogens with one attached hydrogen (secondary N) is 1. The van der Waals surface area contributed by atoms with Gasteiger partial charge in [0.15, 0.2) is 11.7 Å². The highest BCUT2D eigenvalue weighted by Crippen LogP contribution is 2.01. The summed E-state index contributed by atoms with van der Waals surface area (Å²) in [5, 5.41) is 14.5. The molecule has 0 aliphatic carbocycles. The number of methoxy groups -OCH3 is 1. The van der Waals surface area contributed by atoms with Gasteiger partial charge in [0.1, 0.15) is 5.76 Å². The molecule has 0 bridgehead atoms. The van der Waals surface area contributed by atoms with Crippen LogP contribution in [0.2, 0.25) is 0 Å². The van der Waals surface area contributed by atoms with E-state index in [2.05, 4.69) is 15.2 Å². The molecule has 1 aromatic heterocycles. The maximum atomic E-state index is 11.5. The summed E-state index contributed by atoms with van der Waals surface area (Å²) in [5.41, 5.74) is 0.0415. The van der Waals surface area contributed by atoms with Crippen LogP contribution in [0.1, 0.15) is 16.2 Å². The maximum Gasteiger partial charge on any atom is 0.328 e. The first kappa shape index (κ1) is 12.2. The van der Waals surface area contributed by atoms with E-state index in [-0.39, 0.29) is 12.3 Å². The van der Waals surface area contributed by atoms with Gasteiger partial charge in [0.05, 0.1) is 6.61 Å². The van der Waals surface area contributed by atoms with E-state index in [0.29, 0.717) is 5.76 Å². The molecule has 88 valence electrons. The summed E-state index contributed by atoms with van der Waals surface area (Å²) in [6, 6.07) is 0.315. The van der Waals surface area contributed by atoms with Crippen LogP contribution in [-0.4, -0.2) is 41.9 Å². The first-order valence-corrected chi connectivity index (χ1v) is 4.50. The average Bonchev–Trinajstić information content (AvgIpc) is 2.64. The summed E-state index contributed by atoms with van der Waals surface area (Å²) in [6.07, 6.45) is 0. The molecule has 7 nitrogen and oxygen atoms in total. The fourth-order valence-corrected chi connectivity index (χ4v) is 1.05. The molecule has 1 heterocycles. The second-order valence-electron chi connectivity index (χ2n) is 3.14. The highest BCUT2D eigenvalue weighted by atomic mass is 16.5. The first-order chi connectivity index (χ1) is 7.54. The number of carboxylic acid groups (broad SMARTS) is 1. The summed E-state index contributed by atoms with van der Waals surface area (Å²) >= 11 is 0. The van der Waals surface area contributed by atoms with Gasteiger partial charge < -0.3 is 19.7 Å². The molecule has 0 aliphatic rings. The Kier molecular flexibility index (Phi) is 4.01. The van der Waals surface area contributed by atoms with Crippen molar-refractivity contribution < 1.29 is 24.0 Å². The lowest BCUT2D eigenvalue weighted by Crippen LogP contribution is -2.43. The maximum absolute atomic E-state index is 11.5. The second-order valence-corrected chi connectivity index (χ2v) is 3.14. The third kappa shape index (κ3) is 3.06. The van der Waals surface area contributed by atoms with Crippen LogP contribution < -0.4 is 5.32 Å². The summed E-state index contributed by atoms with van der Waals surface area (Å²) < 4.78 is 9.37. The van der Waals surface area contributed by atoms with Gasteiger partial charge in [-0.1, -0.05) is 5.16 Å². The van der Waals surface area contributed by atoms with Crippen LogP contribution in [0.3, 0.4) is 0 Å².